The molecule has 0 radical (unpaired) electrons. The molecular formula is C29H36N4O7. The van der Waals surface area contributed by atoms with E-state index >= 15 is 0 Å². The molecular weight excluding hydrogens is 516 g/mol. The second-order valence-corrected chi connectivity index (χ2v) is 12.0. The number of aryl methyl sites for hydroxylation is 1. The molecule has 1 aromatic rings. The van der Waals surface area contributed by atoms with Gasteiger partial charge in [0.1, 0.15) is 5.72 Å². The summed E-state index contributed by atoms with van der Waals surface area (Å²) in [4.78, 5) is 44.2. The molecule has 40 heavy (non-hydrogen) atoms. The molecule has 2 fully saturated rings. The summed E-state index contributed by atoms with van der Waals surface area (Å²) in [5.74, 6) is -0.713. The summed E-state index contributed by atoms with van der Waals surface area (Å²) in [7, 11) is 2.87. The highest BCUT2D eigenvalue weighted by atomic mass is 16.5. The van der Waals surface area contributed by atoms with Gasteiger partial charge in [0, 0.05) is 53.4 Å². The van der Waals surface area contributed by atoms with E-state index in [1.54, 1.807) is 13.8 Å². The maximum Gasteiger partial charge on any atom is 0.236 e. The predicted octanol–water partition coefficient (Wildman–Crippen LogP) is 0.662. The highest BCUT2D eigenvalue weighted by molar-refractivity contribution is 6.25. The predicted molar refractivity (Wildman–Crippen MR) is 143 cm³/mol. The van der Waals surface area contributed by atoms with E-state index in [0.29, 0.717) is 23.3 Å². The number of carbonyl (C=O) groups is 3. The van der Waals surface area contributed by atoms with Gasteiger partial charge in [-0.05, 0) is 51.3 Å². The molecule has 0 spiro atoms. The van der Waals surface area contributed by atoms with Gasteiger partial charge < -0.3 is 30.7 Å². The zero-order chi connectivity index (χ0) is 29.0. The van der Waals surface area contributed by atoms with E-state index in [-0.39, 0.29) is 47.9 Å². The van der Waals surface area contributed by atoms with Crippen molar-refractivity contribution in [2.24, 2.45) is 5.73 Å². The molecule has 11 nitrogen and oxygen atoms in total. The molecule has 4 aliphatic heterocycles. The van der Waals surface area contributed by atoms with E-state index in [1.807, 2.05) is 17.9 Å². The Morgan fingerprint density at radius 2 is 1.95 bits per heavy atom. The van der Waals surface area contributed by atoms with Crippen molar-refractivity contribution in [3.63, 3.8) is 0 Å². The van der Waals surface area contributed by atoms with E-state index in [9.17, 15) is 24.6 Å². The van der Waals surface area contributed by atoms with Crippen molar-refractivity contribution in [1.29, 1.82) is 0 Å². The Balaban J connectivity index is 1.56. The number of amides is 1. The van der Waals surface area contributed by atoms with Gasteiger partial charge >= 0.3 is 0 Å². The average molecular weight is 553 g/mol. The number of aliphatic hydroxyl groups is 1. The topological polar surface area (TPSA) is 155 Å². The van der Waals surface area contributed by atoms with Crippen molar-refractivity contribution in [3.8, 4) is 11.5 Å². The van der Waals surface area contributed by atoms with Gasteiger partial charge in [0.2, 0.25) is 11.7 Å². The molecule has 5 N–H and O–H groups in total. The Labute approximate surface area is 232 Å². The average Bonchev–Trinajstić information content (AvgIpc) is 3.27. The standard InChI is InChI=1S/C29H36N4O7/c1-12-7-16-20(24(36)25(12)39-5)21-17-8-15-19(23(35)26(40-6)13(2)22(15)34)18(9-31-27(37)14(3)30)33(17)29(38)10-28(16,4)32(21)11-29/h7,14,17-18,21,36,38H,8-11,30H2,1-6H3,(H,31,37)/t14-,17?,18-,21-,28?,29-/m0/s1. The van der Waals surface area contributed by atoms with Crippen molar-refractivity contribution in [2.45, 2.75) is 76.0 Å². The van der Waals surface area contributed by atoms with Crippen LogP contribution < -0.4 is 15.8 Å². The molecule has 0 aromatic heterocycles. The zero-order valence-corrected chi connectivity index (χ0v) is 23.6. The summed E-state index contributed by atoms with van der Waals surface area (Å²) in [6, 6.07) is -0.463. The second kappa shape index (κ2) is 8.62. The lowest BCUT2D eigenvalue weighted by atomic mass is 9.72. The molecule has 0 saturated carbocycles. The summed E-state index contributed by atoms with van der Waals surface area (Å²) < 4.78 is 10.9. The third-order valence-electron chi connectivity index (χ3n) is 9.68. The Morgan fingerprint density at radius 1 is 1.25 bits per heavy atom. The van der Waals surface area contributed by atoms with E-state index in [0.717, 1.165) is 11.1 Å². The number of nitrogens with zero attached hydrogens (tertiary/aromatic N) is 2. The smallest absolute Gasteiger partial charge is 0.236 e. The fourth-order valence-corrected chi connectivity index (χ4v) is 8.12. The van der Waals surface area contributed by atoms with Crippen molar-refractivity contribution in [2.75, 3.05) is 27.3 Å². The van der Waals surface area contributed by atoms with Gasteiger partial charge in [-0.15, -0.1) is 0 Å². The number of ketones is 2. The van der Waals surface area contributed by atoms with Crippen LogP contribution in [0.3, 0.4) is 0 Å². The first-order valence-electron chi connectivity index (χ1n) is 13.6. The first kappa shape index (κ1) is 26.9. The van der Waals surface area contributed by atoms with Gasteiger partial charge in [-0.25, -0.2) is 0 Å². The van der Waals surface area contributed by atoms with Crippen LogP contribution >= 0.6 is 0 Å². The molecule has 1 amide bonds. The second-order valence-electron chi connectivity index (χ2n) is 12.0. The molecule has 5 aliphatic rings. The Bertz CT molecular complexity index is 1450. The minimum absolute atomic E-state index is 0.0283. The molecule has 6 atom stereocenters. The number of allylic oxidation sites excluding steroid dienone is 2. The zero-order valence-electron chi connectivity index (χ0n) is 23.6. The number of Topliss-reactive ketones (excluding diaryl/α,β-unsaturated/α-hetero) is 2. The number of hydrogen-bond acceptors (Lipinski definition) is 10. The van der Waals surface area contributed by atoms with Crippen LogP contribution in [0.4, 0.5) is 0 Å². The molecule has 1 aliphatic carbocycles. The number of nitrogens with one attached hydrogen (secondary N) is 1. The summed E-state index contributed by atoms with van der Waals surface area (Å²) in [5.41, 5.74) is 7.07. The van der Waals surface area contributed by atoms with Crippen molar-refractivity contribution in [3.05, 3.63) is 45.2 Å². The number of ether oxygens (including phenoxy) is 2. The SMILES string of the molecule is COC1=C(C)C(=O)C2=C(C1=O)[C@H](CNC(=O)[C@H](C)N)N1C(C2)[C@H]2c3c(cc(C)c(OC)c3O)C3(C)C[C@]1(O)CN23. The van der Waals surface area contributed by atoms with E-state index < -0.39 is 47.1 Å². The molecule has 2 saturated heterocycles. The van der Waals surface area contributed by atoms with Gasteiger partial charge in [0.25, 0.3) is 0 Å². The molecule has 214 valence electrons. The number of benzene rings is 1. The third kappa shape index (κ3) is 3.23. The molecule has 6 rings (SSSR count). The number of rotatable bonds is 5. The highest BCUT2D eigenvalue weighted by Gasteiger charge is 2.70. The Morgan fingerprint density at radius 3 is 2.58 bits per heavy atom. The Kier molecular flexibility index (Phi) is 5.81. The fourth-order valence-electron chi connectivity index (χ4n) is 8.12. The van der Waals surface area contributed by atoms with Gasteiger partial charge in [0.05, 0.1) is 32.3 Å². The molecule has 2 bridgehead atoms. The molecule has 4 heterocycles. The highest BCUT2D eigenvalue weighted by Crippen LogP contribution is 2.65. The van der Waals surface area contributed by atoms with Crippen LogP contribution in [-0.2, 0) is 24.7 Å². The summed E-state index contributed by atoms with van der Waals surface area (Å²) in [5, 5.41) is 26.7. The minimum atomic E-state index is -1.37. The quantitative estimate of drug-likeness (QED) is 0.383. The number of carbonyl (C=O) groups excluding carboxylic acids is 3. The fraction of sp³-hybridized carbons (Fsp3) is 0.552. The summed E-state index contributed by atoms with van der Waals surface area (Å²) in [6.07, 6.45) is 0.486. The minimum Gasteiger partial charge on any atom is -0.504 e. The van der Waals surface area contributed by atoms with Crippen LogP contribution in [0.1, 0.15) is 56.3 Å². The van der Waals surface area contributed by atoms with Crippen LogP contribution in [-0.4, -0.2) is 88.6 Å². The number of nitrogens with two attached hydrogens (primary N) is 1. The number of phenolic OH excluding ortho intramolecular Hbond substituents is 1. The number of piperazine rings is 1. The monoisotopic (exact) mass is 552 g/mol. The first-order valence-corrected chi connectivity index (χ1v) is 13.6. The van der Waals surface area contributed by atoms with E-state index in [1.165, 1.54) is 14.2 Å². The molecule has 1 aromatic carbocycles. The van der Waals surface area contributed by atoms with Crippen molar-refractivity contribution < 1.29 is 34.1 Å². The maximum absolute atomic E-state index is 13.8. The van der Waals surface area contributed by atoms with Crippen molar-refractivity contribution in [1.82, 2.24) is 15.1 Å². The molecule has 11 heteroatoms. The largest absolute Gasteiger partial charge is 0.504 e. The van der Waals surface area contributed by atoms with Gasteiger partial charge in [-0.2, -0.15) is 0 Å². The van der Waals surface area contributed by atoms with E-state index in [4.69, 9.17) is 15.2 Å². The van der Waals surface area contributed by atoms with Gasteiger partial charge in [-0.1, -0.05) is 0 Å². The number of methoxy groups -OCH3 is 2. The lowest BCUT2D eigenvalue weighted by Gasteiger charge is -2.56. The van der Waals surface area contributed by atoms with Crippen molar-refractivity contribution >= 4 is 17.5 Å². The first-order chi connectivity index (χ1) is 18.8. The van der Waals surface area contributed by atoms with Crippen LogP contribution in [0.2, 0.25) is 0 Å². The number of hydrogen-bond donors (Lipinski definition) is 4. The number of aromatic hydroxyl groups is 1. The van der Waals surface area contributed by atoms with Crippen LogP contribution in [0, 0.1) is 6.92 Å². The summed E-state index contributed by atoms with van der Waals surface area (Å²) in [6.45, 7) is 7.29. The van der Waals surface area contributed by atoms with Crippen LogP contribution in [0.15, 0.2) is 28.5 Å². The van der Waals surface area contributed by atoms with Gasteiger partial charge in [0.15, 0.2) is 23.0 Å². The normalized spacial score (nSPS) is 33.5. The lowest BCUT2D eigenvalue weighted by Crippen LogP contribution is -2.69. The van der Waals surface area contributed by atoms with Gasteiger partial charge in [-0.3, -0.25) is 24.2 Å². The maximum atomic E-state index is 13.8. The number of fused-ring (bicyclic) bond motifs is 7. The molecule has 2 unspecified atom stereocenters. The lowest BCUT2D eigenvalue weighted by molar-refractivity contribution is -0.176. The van der Waals surface area contributed by atoms with Crippen LogP contribution in [0.5, 0.6) is 11.5 Å². The van der Waals surface area contributed by atoms with Crippen LogP contribution in [0.25, 0.3) is 0 Å². The summed E-state index contributed by atoms with van der Waals surface area (Å²) >= 11 is 0. The van der Waals surface area contributed by atoms with E-state index in [2.05, 4.69) is 17.1 Å². The Hall–Kier alpha value is -3.25. The third-order valence-corrected chi connectivity index (χ3v) is 9.68. The number of phenols is 1.